The second-order valence-corrected chi connectivity index (χ2v) is 3.59. The van der Waals surface area contributed by atoms with Gasteiger partial charge in [-0.1, -0.05) is 13.8 Å². The summed E-state index contributed by atoms with van der Waals surface area (Å²) in [5.41, 5.74) is 6.54. The molecule has 0 amide bonds. The van der Waals surface area contributed by atoms with Crippen LogP contribution in [0.5, 0.6) is 0 Å². The maximum Gasteiger partial charge on any atom is 0.107 e. The highest BCUT2D eigenvalue weighted by Gasteiger charge is 1.98. The molecule has 0 aliphatic heterocycles. The van der Waals surface area contributed by atoms with Crippen molar-refractivity contribution in [3.8, 4) is 0 Å². The fraction of sp³-hybridized carbons (Fsp3) is 0.571. The first-order valence-corrected chi connectivity index (χ1v) is 4.40. The molecule has 1 aromatic heterocycles. The summed E-state index contributed by atoms with van der Waals surface area (Å²) in [7, 11) is 0. The number of rotatable bonds is 3. The van der Waals surface area contributed by atoms with Gasteiger partial charge in [-0.15, -0.1) is 0 Å². The molecule has 3 nitrogen and oxygen atoms in total. The van der Waals surface area contributed by atoms with Gasteiger partial charge in [0.05, 0.1) is 5.69 Å². The average molecular weight is 171 g/mol. The Balaban J connectivity index is 2.39. The number of hydrogen-bond acceptors (Lipinski definition) is 4. The normalized spacial score (nSPS) is 10.8. The Morgan fingerprint density at radius 1 is 1.73 bits per heavy atom. The van der Waals surface area contributed by atoms with E-state index in [0.717, 1.165) is 17.2 Å². The van der Waals surface area contributed by atoms with Crippen molar-refractivity contribution < 1.29 is 0 Å². The third-order valence-corrected chi connectivity index (χ3v) is 1.92. The van der Waals surface area contributed by atoms with Crippen LogP contribution in [0, 0.1) is 0 Å². The van der Waals surface area contributed by atoms with Crippen LogP contribution in [0.2, 0.25) is 0 Å². The number of nitrogen functional groups attached to an aromatic ring is 1. The highest BCUT2D eigenvalue weighted by molar-refractivity contribution is 7.09. The minimum absolute atomic E-state index is 0.498. The number of nitrogens with two attached hydrogens (primary N) is 1. The number of anilines is 1. The molecule has 0 radical (unpaired) electrons. The lowest BCUT2D eigenvalue weighted by atomic mass is 10.3. The fourth-order valence-electron chi connectivity index (χ4n) is 0.720. The maximum atomic E-state index is 5.51. The molecule has 62 valence electrons. The Morgan fingerprint density at radius 3 is 2.91 bits per heavy atom. The van der Waals surface area contributed by atoms with Crippen molar-refractivity contribution in [3.63, 3.8) is 0 Å². The highest BCUT2D eigenvalue weighted by atomic mass is 32.1. The minimum Gasteiger partial charge on any atom is -0.389 e. The van der Waals surface area contributed by atoms with Crippen LogP contribution >= 0.6 is 11.5 Å². The van der Waals surface area contributed by atoms with Gasteiger partial charge in [-0.3, -0.25) is 0 Å². The van der Waals surface area contributed by atoms with E-state index in [9.17, 15) is 0 Å². The fourth-order valence-corrected chi connectivity index (χ4v) is 1.25. The van der Waals surface area contributed by atoms with E-state index >= 15 is 0 Å². The topological polar surface area (TPSA) is 50.9 Å². The first-order valence-electron chi connectivity index (χ1n) is 3.63. The van der Waals surface area contributed by atoms with Crippen LogP contribution in [0.25, 0.3) is 0 Å². The Morgan fingerprint density at radius 2 is 2.45 bits per heavy atom. The summed E-state index contributed by atoms with van der Waals surface area (Å²) in [6.45, 7) is 5.02. The van der Waals surface area contributed by atoms with E-state index in [1.54, 1.807) is 0 Å². The molecule has 3 N–H and O–H groups in total. The smallest absolute Gasteiger partial charge is 0.107 e. The van der Waals surface area contributed by atoms with Gasteiger partial charge >= 0.3 is 0 Å². The SMILES string of the molecule is CC(C)NCc1cc(N)sn1. The van der Waals surface area contributed by atoms with Crippen LogP contribution < -0.4 is 11.1 Å². The van der Waals surface area contributed by atoms with E-state index in [1.807, 2.05) is 6.07 Å². The third kappa shape index (κ3) is 2.86. The first-order chi connectivity index (χ1) is 5.18. The predicted molar refractivity (Wildman–Crippen MR) is 48.5 cm³/mol. The highest BCUT2D eigenvalue weighted by Crippen LogP contribution is 2.10. The lowest BCUT2D eigenvalue weighted by Gasteiger charge is -2.04. The van der Waals surface area contributed by atoms with Gasteiger partial charge in [-0.05, 0) is 17.6 Å². The van der Waals surface area contributed by atoms with Gasteiger partial charge in [0.1, 0.15) is 5.00 Å². The molecule has 0 aliphatic rings. The van der Waals surface area contributed by atoms with Gasteiger partial charge in [-0.2, -0.15) is 4.37 Å². The molecule has 0 unspecified atom stereocenters. The zero-order valence-electron chi connectivity index (χ0n) is 6.79. The molecular weight excluding hydrogens is 158 g/mol. The van der Waals surface area contributed by atoms with Crippen molar-refractivity contribution in [1.29, 1.82) is 0 Å². The monoisotopic (exact) mass is 171 g/mol. The van der Waals surface area contributed by atoms with Crippen LogP contribution in [0.15, 0.2) is 6.07 Å². The lowest BCUT2D eigenvalue weighted by molar-refractivity contribution is 0.584. The van der Waals surface area contributed by atoms with E-state index in [1.165, 1.54) is 11.5 Å². The first kappa shape index (κ1) is 8.49. The van der Waals surface area contributed by atoms with Gasteiger partial charge in [0.2, 0.25) is 0 Å². The summed E-state index contributed by atoms with van der Waals surface area (Å²) in [5, 5.41) is 4.05. The van der Waals surface area contributed by atoms with Gasteiger partial charge in [0, 0.05) is 12.6 Å². The summed E-state index contributed by atoms with van der Waals surface area (Å²) in [4.78, 5) is 0. The Kier molecular flexibility index (Phi) is 2.84. The van der Waals surface area contributed by atoms with Crippen molar-refractivity contribution in [3.05, 3.63) is 11.8 Å². The Bertz CT molecular complexity index is 219. The van der Waals surface area contributed by atoms with Crippen molar-refractivity contribution in [2.24, 2.45) is 0 Å². The van der Waals surface area contributed by atoms with E-state index < -0.39 is 0 Å². The third-order valence-electron chi connectivity index (χ3n) is 1.27. The second-order valence-electron chi connectivity index (χ2n) is 2.76. The molecule has 1 heterocycles. The molecule has 0 atom stereocenters. The Labute approximate surface area is 70.8 Å². The summed E-state index contributed by atoms with van der Waals surface area (Å²) in [6.07, 6.45) is 0. The molecular formula is C7H13N3S. The zero-order chi connectivity index (χ0) is 8.27. The van der Waals surface area contributed by atoms with Crippen LogP contribution in [0.4, 0.5) is 5.00 Å². The minimum atomic E-state index is 0.498. The number of nitrogens with zero attached hydrogens (tertiary/aromatic N) is 1. The van der Waals surface area contributed by atoms with Crippen molar-refractivity contribution >= 4 is 16.5 Å². The quantitative estimate of drug-likeness (QED) is 0.719. The maximum absolute atomic E-state index is 5.51. The molecule has 11 heavy (non-hydrogen) atoms. The van der Waals surface area contributed by atoms with Crippen LogP contribution in [-0.4, -0.2) is 10.4 Å². The second kappa shape index (κ2) is 3.69. The average Bonchev–Trinajstić information content (AvgIpc) is 2.31. The molecule has 0 aliphatic carbocycles. The van der Waals surface area contributed by atoms with Gasteiger partial charge in [0.15, 0.2) is 0 Å². The number of aromatic nitrogens is 1. The molecule has 4 heteroatoms. The van der Waals surface area contributed by atoms with E-state index in [4.69, 9.17) is 5.73 Å². The number of hydrogen-bond donors (Lipinski definition) is 2. The van der Waals surface area contributed by atoms with Crippen molar-refractivity contribution in [1.82, 2.24) is 9.69 Å². The summed E-state index contributed by atoms with van der Waals surface area (Å²) in [5.74, 6) is 0. The van der Waals surface area contributed by atoms with E-state index in [2.05, 4.69) is 23.5 Å². The molecule has 1 aromatic rings. The predicted octanol–water partition coefficient (Wildman–Crippen LogP) is 1.22. The Hall–Kier alpha value is -0.610. The molecule has 0 spiro atoms. The van der Waals surface area contributed by atoms with E-state index in [-0.39, 0.29) is 0 Å². The van der Waals surface area contributed by atoms with E-state index in [0.29, 0.717) is 6.04 Å². The van der Waals surface area contributed by atoms with Crippen molar-refractivity contribution in [2.45, 2.75) is 26.4 Å². The summed E-state index contributed by atoms with van der Waals surface area (Å²) >= 11 is 1.34. The standard InChI is InChI=1S/C7H13N3S/c1-5(2)9-4-6-3-7(8)11-10-6/h3,5,9H,4,8H2,1-2H3. The van der Waals surface area contributed by atoms with Gasteiger partial charge in [-0.25, -0.2) is 0 Å². The van der Waals surface area contributed by atoms with Gasteiger partial charge in [0.25, 0.3) is 0 Å². The molecule has 0 bridgehead atoms. The summed E-state index contributed by atoms with van der Waals surface area (Å²) in [6, 6.07) is 2.40. The van der Waals surface area contributed by atoms with Crippen LogP contribution in [0.3, 0.4) is 0 Å². The molecule has 0 saturated heterocycles. The lowest BCUT2D eigenvalue weighted by Crippen LogP contribution is -2.21. The largest absolute Gasteiger partial charge is 0.389 e. The molecule has 1 rings (SSSR count). The number of nitrogens with one attached hydrogen (secondary N) is 1. The summed E-state index contributed by atoms with van der Waals surface area (Å²) < 4.78 is 4.14. The molecule has 0 saturated carbocycles. The van der Waals surface area contributed by atoms with Gasteiger partial charge < -0.3 is 11.1 Å². The van der Waals surface area contributed by atoms with Crippen LogP contribution in [0.1, 0.15) is 19.5 Å². The van der Waals surface area contributed by atoms with Crippen LogP contribution in [-0.2, 0) is 6.54 Å². The molecule has 0 fully saturated rings. The molecule has 0 aromatic carbocycles. The zero-order valence-corrected chi connectivity index (χ0v) is 7.61. The van der Waals surface area contributed by atoms with Crippen molar-refractivity contribution in [2.75, 3.05) is 5.73 Å².